The number of hydrogen-bond acceptors (Lipinski definition) is 2. The third-order valence-corrected chi connectivity index (χ3v) is 21.6. The van der Waals surface area contributed by atoms with Gasteiger partial charge in [-0.2, -0.15) is 9.15 Å². The van der Waals surface area contributed by atoms with Crippen LogP contribution in [0.3, 0.4) is 0 Å². The molecule has 4 unspecified atom stereocenters. The van der Waals surface area contributed by atoms with Crippen LogP contribution in [0.2, 0.25) is 0 Å². The largest absolute Gasteiger partial charge is 0.344 e. The van der Waals surface area contributed by atoms with Gasteiger partial charge in [-0.25, -0.2) is 0 Å². The predicted molar refractivity (Wildman–Crippen MR) is 394 cm³/mol. The topological polar surface area (TPSA) is 12.5 Å². The molecule has 0 aliphatic carbocycles. The minimum absolute atomic E-state index is 0.275. The molecular weight excluding hydrogens is 1110 g/mol. The van der Waals surface area contributed by atoms with Gasteiger partial charge < -0.3 is 9.80 Å². The first-order valence-corrected chi connectivity index (χ1v) is 34.0. The molecule has 0 aromatic heterocycles. The van der Waals surface area contributed by atoms with Gasteiger partial charge in [0.2, 0.25) is 11.4 Å². The van der Waals surface area contributed by atoms with Crippen LogP contribution in [0.5, 0.6) is 0 Å². The number of benzene rings is 10. The molecule has 4 heterocycles. The van der Waals surface area contributed by atoms with Crippen LogP contribution >= 0.6 is 0 Å². The Hall–Kier alpha value is -9.12. The van der Waals surface area contributed by atoms with Crippen LogP contribution in [0.4, 0.5) is 22.7 Å². The fraction of sp³-hybridized carbons (Fsp3) is 0.273. The molecular formula is C88H90N4+2. The van der Waals surface area contributed by atoms with E-state index in [1.54, 1.807) is 0 Å². The van der Waals surface area contributed by atoms with Crippen LogP contribution < -0.4 is 9.80 Å². The van der Waals surface area contributed by atoms with Gasteiger partial charge in [0.05, 0.1) is 10.8 Å². The zero-order valence-corrected chi connectivity index (χ0v) is 55.8. The van der Waals surface area contributed by atoms with Crippen molar-refractivity contribution in [2.24, 2.45) is 11.8 Å². The lowest BCUT2D eigenvalue weighted by Crippen LogP contribution is -2.33. The summed E-state index contributed by atoms with van der Waals surface area (Å²) in [5.74, 6) is 1.10. The number of fused-ring (bicyclic) bond motifs is 12. The summed E-state index contributed by atoms with van der Waals surface area (Å²) in [7, 11) is 4.56. The molecule has 0 saturated carbocycles. The summed E-state index contributed by atoms with van der Waals surface area (Å²) in [6.45, 7) is 21.4. The van der Waals surface area contributed by atoms with E-state index in [9.17, 15) is 0 Å². The molecule has 0 radical (unpaired) electrons. The van der Waals surface area contributed by atoms with Gasteiger partial charge in [0.1, 0.15) is 14.1 Å². The SMILES string of the molecule is CC(C)CCN1/C(=C/C=C/C2=[N+](C)c3ccc4ccccc4c3C2(C)Cc2ccccc2)C(C)(C/C=C\CC2(C)/C(=C\C=C\C3=[N+](C)c4ccc5ccccc5c4C3(C)Cc3ccccc3)N(CCC(C)C)c3ccc4ccccc4c32)c2c1ccc1ccccc21. The van der Waals surface area contributed by atoms with Crippen LogP contribution in [-0.2, 0) is 34.5 Å². The zero-order chi connectivity index (χ0) is 63.5. The van der Waals surface area contributed by atoms with E-state index in [4.69, 9.17) is 0 Å². The van der Waals surface area contributed by atoms with Crippen LogP contribution in [0.25, 0.3) is 43.1 Å². The van der Waals surface area contributed by atoms with Crippen molar-refractivity contribution in [3.63, 3.8) is 0 Å². The van der Waals surface area contributed by atoms with Gasteiger partial charge in [0.15, 0.2) is 11.4 Å². The average molecular weight is 1200 g/mol. The fourth-order valence-electron chi connectivity index (χ4n) is 17.0. The summed E-state index contributed by atoms with van der Waals surface area (Å²) >= 11 is 0. The van der Waals surface area contributed by atoms with E-state index >= 15 is 0 Å². The molecule has 4 nitrogen and oxygen atoms in total. The Balaban J connectivity index is 0.874. The summed E-state index contributed by atoms with van der Waals surface area (Å²) in [5.41, 5.74) is 17.7. The van der Waals surface area contributed by atoms with Crippen molar-refractivity contribution >= 4 is 77.3 Å². The first-order chi connectivity index (χ1) is 44.6. The van der Waals surface area contributed by atoms with Gasteiger partial charge in [-0.05, 0) is 180 Å². The lowest BCUT2D eigenvalue weighted by atomic mass is 9.72. The molecule has 0 bridgehead atoms. The summed E-state index contributed by atoms with van der Waals surface area (Å²) in [6, 6.07) is 77.2. The van der Waals surface area contributed by atoms with Gasteiger partial charge in [-0.3, -0.25) is 0 Å². The second kappa shape index (κ2) is 24.2. The van der Waals surface area contributed by atoms with E-state index in [1.807, 2.05) is 0 Å². The number of nitrogens with zero attached hydrogens (tertiary/aromatic N) is 4. The molecule has 92 heavy (non-hydrogen) atoms. The van der Waals surface area contributed by atoms with E-state index in [0.717, 1.165) is 51.6 Å². The molecule has 10 aromatic rings. The Morgan fingerprint density at radius 1 is 0.370 bits per heavy atom. The van der Waals surface area contributed by atoms with Gasteiger partial charge in [0.25, 0.3) is 0 Å². The van der Waals surface area contributed by atoms with Gasteiger partial charge in [-0.15, -0.1) is 0 Å². The molecule has 460 valence electrons. The lowest BCUT2D eigenvalue weighted by molar-refractivity contribution is -0.401. The minimum atomic E-state index is -0.349. The smallest absolute Gasteiger partial charge is 0.210 e. The molecule has 0 saturated heterocycles. The van der Waals surface area contributed by atoms with E-state index in [-0.39, 0.29) is 21.7 Å². The number of anilines is 2. The summed E-state index contributed by atoms with van der Waals surface area (Å²) in [4.78, 5) is 5.39. The number of allylic oxidation sites excluding steroid dienone is 10. The maximum atomic E-state index is 2.69. The molecule has 4 atom stereocenters. The molecule has 0 spiro atoms. The highest BCUT2D eigenvalue weighted by Crippen LogP contribution is 2.56. The third-order valence-electron chi connectivity index (χ3n) is 21.6. The molecule has 4 aliphatic heterocycles. The number of hydrogen-bond donors (Lipinski definition) is 0. The molecule has 0 fully saturated rings. The Labute approximate surface area is 547 Å². The monoisotopic (exact) mass is 1200 g/mol. The second-order valence-corrected chi connectivity index (χ2v) is 28.6. The first-order valence-electron chi connectivity index (χ1n) is 34.0. The van der Waals surface area contributed by atoms with Crippen molar-refractivity contribution in [3.05, 3.63) is 300 Å². The molecule has 14 rings (SSSR count). The first kappa shape index (κ1) is 60.4. The highest BCUT2D eigenvalue weighted by Gasteiger charge is 2.51. The third kappa shape index (κ3) is 10.3. The van der Waals surface area contributed by atoms with Crippen molar-refractivity contribution in [3.8, 4) is 0 Å². The quantitative estimate of drug-likeness (QED) is 0.0627. The second-order valence-electron chi connectivity index (χ2n) is 28.6. The standard InChI is InChI=1S/C88H90N4/c1-61(2)53-57-91-75-51-47-67-35-19-23-39-71(67)83(75)85(5,79(91)43-27-41-77-87(7,59-63-29-13-11-14-30-63)81-69-37-21-17-33-65(69)45-49-73(81)89(77)9)55-25-26-56-86(6)80(92(58-54-62(3)4)76-52-48-68-36-20-24-40-72(68)84(76)86)44-28-42-78-88(8,60-64-31-15-12-16-32-64)82-70-38-22-18-34-66(70)46-50-74(82)90(78)10/h11-52,61-62H,53-60H2,1-10H3/q+2/b26-25-. The maximum absolute atomic E-state index is 2.69. The van der Waals surface area contributed by atoms with E-state index < -0.39 is 0 Å². The van der Waals surface area contributed by atoms with Crippen molar-refractivity contribution < 1.29 is 9.15 Å². The van der Waals surface area contributed by atoms with Crippen LogP contribution in [0, 0.1) is 11.8 Å². The molecule has 10 aromatic carbocycles. The normalized spacial score (nSPS) is 22.1. The average Bonchev–Trinajstić information content (AvgIpc) is 1.60. The van der Waals surface area contributed by atoms with E-state index in [1.165, 1.54) is 122 Å². The van der Waals surface area contributed by atoms with Crippen molar-refractivity contribution in [2.75, 3.05) is 37.0 Å². The highest BCUT2D eigenvalue weighted by atomic mass is 15.2. The van der Waals surface area contributed by atoms with Crippen molar-refractivity contribution in [1.29, 1.82) is 0 Å². The molecule has 0 amide bonds. The van der Waals surface area contributed by atoms with Gasteiger partial charge in [0, 0.05) is 82.1 Å². The van der Waals surface area contributed by atoms with Crippen molar-refractivity contribution in [2.45, 2.75) is 116 Å². The van der Waals surface area contributed by atoms with Crippen LogP contribution in [0.1, 0.15) is 114 Å². The Morgan fingerprint density at radius 3 is 1.05 bits per heavy atom. The minimum Gasteiger partial charge on any atom is -0.344 e. The predicted octanol–water partition coefficient (Wildman–Crippen LogP) is 21.3. The lowest BCUT2D eigenvalue weighted by Gasteiger charge is -2.31. The summed E-state index contributed by atoms with van der Waals surface area (Å²) in [6.07, 6.45) is 25.5. The maximum Gasteiger partial charge on any atom is 0.210 e. The summed E-state index contributed by atoms with van der Waals surface area (Å²) < 4.78 is 4.94. The zero-order valence-electron chi connectivity index (χ0n) is 55.8. The Morgan fingerprint density at radius 2 is 0.696 bits per heavy atom. The van der Waals surface area contributed by atoms with Crippen LogP contribution in [-0.4, -0.2) is 47.8 Å². The number of rotatable bonds is 18. The molecule has 4 heteroatoms. The summed E-state index contributed by atoms with van der Waals surface area (Å²) in [5, 5.41) is 10.5. The van der Waals surface area contributed by atoms with Crippen LogP contribution in [0.15, 0.2) is 266 Å². The molecule has 0 N–H and O–H groups in total. The fourth-order valence-corrected chi connectivity index (χ4v) is 17.0. The Kier molecular flexibility index (Phi) is 15.9. The highest BCUT2D eigenvalue weighted by molar-refractivity contribution is 6.10. The van der Waals surface area contributed by atoms with E-state index in [0.29, 0.717) is 11.8 Å². The molecule has 4 aliphatic rings. The van der Waals surface area contributed by atoms with E-state index in [2.05, 4.69) is 343 Å². The van der Waals surface area contributed by atoms with Crippen molar-refractivity contribution in [1.82, 2.24) is 0 Å². The Bertz CT molecular complexity index is 4440. The van der Waals surface area contributed by atoms with Gasteiger partial charge >= 0.3 is 0 Å². The van der Waals surface area contributed by atoms with Gasteiger partial charge in [-0.1, -0.05) is 222 Å².